The molecular weight excluding hydrogens is 312 g/mol. The number of ketones is 1. The van der Waals surface area contributed by atoms with Gasteiger partial charge in [0.15, 0.2) is 5.78 Å². The van der Waals surface area contributed by atoms with Gasteiger partial charge in [-0.2, -0.15) is 0 Å². The van der Waals surface area contributed by atoms with E-state index >= 15 is 0 Å². The minimum atomic E-state index is 0.0621. The van der Waals surface area contributed by atoms with Gasteiger partial charge in [0, 0.05) is 42.5 Å². The Morgan fingerprint density at radius 2 is 1.92 bits per heavy atom. The maximum absolute atomic E-state index is 12.7. The van der Waals surface area contributed by atoms with Gasteiger partial charge in [-0.1, -0.05) is 18.2 Å². The van der Waals surface area contributed by atoms with Crippen molar-refractivity contribution in [2.75, 3.05) is 11.4 Å². The largest absolute Gasteiger partial charge is 0.347 e. The predicted octanol–water partition coefficient (Wildman–Crippen LogP) is 3.82. The summed E-state index contributed by atoms with van der Waals surface area (Å²) in [5, 5.41) is 1.19. The first kappa shape index (κ1) is 15.6. The number of carbonyl (C=O) groups is 2. The number of amides is 1. The molecule has 0 aliphatic carbocycles. The Labute approximate surface area is 146 Å². The third-order valence-corrected chi connectivity index (χ3v) is 4.93. The number of carbonyl (C=O) groups excluding carboxylic acids is 2. The average Bonchev–Trinajstić information content (AvgIpc) is 3.23. The van der Waals surface area contributed by atoms with Crippen LogP contribution in [-0.2, 0) is 17.8 Å². The van der Waals surface area contributed by atoms with Crippen LogP contribution in [0.15, 0.2) is 54.7 Å². The Morgan fingerprint density at radius 3 is 2.76 bits per heavy atom. The molecule has 25 heavy (non-hydrogen) atoms. The monoisotopic (exact) mass is 332 g/mol. The first-order valence-corrected chi connectivity index (χ1v) is 8.61. The van der Waals surface area contributed by atoms with Crippen molar-refractivity contribution in [1.29, 1.82) is 0 Å². The van der Waals surface area contributed by atoms with E-state index in [2.05, 4.69) is 22.8 Å². The number of benzene rings is 2. The summed E-state index contributed by atoms with van der Waals surface area (Å²) in [6.45, 7) is 2.94. The van der Waals surface area contributed by atoms with Crippen molar-refractivity contribution in [3.63, 3.8) is 0 Å². The molecule has 0 bridgehead atoms. The van der Waals surface area contributed by atoms with Crippen molar-refractivity contribution >= 4 is 28.3 Å². The van der Waals surface area contributed by atoms with E-state index in [1.54, 1.807) is 6.92 Å². The summed E-state index contributed by atoms with van der Waals surface area (Å²) in [5.41, 5.74) is 3.91. The van der Waals surface area contributed by atoms with Gasteiger partial charge in [0.25, 0.3) is 0 Å². The molecule has 0 saturated heterocycles. The van der Waals surface area contributed by atoms with Crippen LogP contribution in [0, 0.1) is 0 Å². The molecule has 4 nitrogen and oxygen atoms in total. The van der Waals surface area contributed by atoms with Crippen molar-refractivity contribution in [3.05, 3.63) is 65.9 Å². The molecule has 1 aromatic heterocycles. The quantitative estimate of drug-likeness (QED) is 0.682. The maximum Gasteiger partial charge on any atom is 0.228 e. The first-order chi connectivity index (χ1) is 12.1. The molecule has 1 aliphatic heterocycles. The zero-order valence-corrected chi connectivity index (χ0v) is 14.2. The molecule has 0 atom stereocenters. The van der Waals surface area contributed by atoms with Gasteiger partial charge in [0.05, 0.1) is 0 Å². The van der Waals surface area contributed by atoms with E-state index in [0.717, 1.165) is 23.2 Å². The van der Waals surface area contributed by atoms with E-state index in [1.807, 2.05) is 41.4 Å². The molecular formula is C21H20N2O2. The van der Waals surface area contributed by atoms with Crippen molar-refractivity contribution in [3.8, 4) is 0 Å². The number of hydrogen-bond acceptors (Lipinski definition) is 2. The Kier molecular flexibility index (Phi) is 3.88. The highest BCUT2D eigenvalue weighted by Crippen LogP contribution is 2.29. The maximum atomic E-state index is 12.7. The lowest BCUT2D eigenvalue weighted by atomic mass is 10.1. The van der Waals surface area contributed by atoms with Crippen molar-refractivity contribution in [2.24, 2.45) is 0 Å². The summed E-state index contributed by atoms with van der Waals surface area (Å²) < 4.78 is 2.13. The number of aromatic nitrogens is 1. The zero-order valence-electron chi connectivity index (χ0n) is 14.2. The van der Waals surface area contributed by atoms with Crippen molar-refractivity contribution in [1.82, 2.24) is 4.57 Å². The second-order valence-electron chi connectivity index (χ2n) is 6.51. The van der Waals surface area contributed by atoms with E-state index in [1.165, 1.54) is 5.39 Å². The summed E-state index contributed by atoms with van der Waals surface area (Å²) in [5.74, 6) is 0.194. The standard InChI is InChI=1S/C21H20N2O2/c1-15(24)17-6-7-20-18(14-17)9-13-23(20)21(25)10-12-22-11-8-16-4-2-3-5-19(16)22/h2-8,11,14H,9-10,12-13H2,1H3. The highest BCUT2D eigenvalue weighted by molar-refractivity contribution is 5.98. The summed E-state index contributed by atoms with van der Waals surface area (Å²) >= 11 is 0. The van der Waals surface area contributed by atoms with Gasteiger partial charge in [-0.05, 0) is 54.6 Å². The van der Waals surface area contributed by atoms with Crippen LogP contribution < -0.4 is 4.90 Å². The topological polar surface area (TPSA) is 42.3 Å². The first-order valence-electron chi connectivity index (χ1n) is 8.61. The number of fused-ring (bicyclic) bond motifs is 2. The van der Waals surface area contributed by atoms with Gasteiger partial charge in [0.1, 0.15) is 0 Å². The fourth-order valence-electron chi connectivity index (χ4n) is 3.57. The summed E-state index contributed by atoms with van der Waals surface area (Å²) in [7, 11) is 0. The minimum absolute atomic E-state index is 0.0621. The highest BCUT2D eigenvalue weighted by atomic mass is 16.2. The molecule has 126 valence electrons. The lowest BCUT2D eigenvalue weighted by Gasteiger charge is -2.18. The molecule has 1 aliphatic rings. The number of hydrogen-bond donors (Lipinski definition) is 0. The SMILES string of the molecule is CC(=O)c1ccc2c(c1)CCN2C(=O)CCn1ccc2ccccc21. The van der Waals surface area contributed by atoms with Crippen molar-refractivity contribution < 1.29 is 9.59 Å². The van der Waals surface area contributed by atoms with E-state index in [0.29, 0.717) is 25.1 Å². The molecule has 0 saturated carbocycles. The summed E-state index contributed by atoms with van der Waals surface area (Å²) in [6.07, 6.45) is 3.32. The summed E-state index contributed by atoms with van der Waals surface area (Å²) in [4.78, 5) is 26.1. The van der Waals surface area contributed by atoms with Crippen LogP contribution in [0.2, 0.25) is 0 Å². The average molecular weight is 332 g/mol. The van der Waals surface area contributed by atoms with Gasteiger partial charge in [-0.25, -0.2) is 0 Å². The van der Waals surface area contributed by atoms with Crippen LogP contribution in [0.5, 0.6) is 0 Å². The molecule has 2 aromatic carbocycles. The molecule has 0 fully saturated rings. The van der Waals surface area contributed by atoms with Crippen LogP contribution >= 0.6 is 0 Å². The highest BCUT2D eigenvalue weighted by Gasteiger charge is 2.24. The third-order valence-electron chi connectivity index (χ3n) is 4.93. The molecule has 4 rings (SSSR count). The Balaban J connectivity index is 1.49. The van der Waals surface area contributed by atoms with Gasteiger partial charge < -0.3 is 9.47 Å². The van der Waals surface area contributed by atoms with Gasteiger partial charge in [-0.15, -0.1) is 0 Å². The molecule has 0 spiro atoms. The van der Waals surface area contributed by atoms with Crippen LogP contribution in [0.25, 0.3) is 10.9 Å². The Bertz CT molecular complexity index is 971. The number of anilines is 1. The number of nitrogens with zero attached hydrogens (tertiary/aromatic N) is 2. The van der Waals surface area contributed by atoms with E-state index < -0.39 is 0 Å². The second kappa shape index (κ2) is 6.20. The van der Waals surface area contributed by atoms with Crippen molar-refractivity contribution in [2.45, 2.75) is 26.3 Å². The molecule has 4 heteroatoms. The molecule has 0 radical (unpaired) electrons. The Morgan fingerprint density at radius 1 is 1.08 bits per heavy atom. The fraction of sp³-hybridized carbons (Fsp3) is 0.238. The normalized spacial score (nSPS) is 13.2. The van der Waals surface area contributed by atoms with Crippen LogP contribution in [0.1, 0.15) is 29.3 Å². The smallest absolute Gasteiger partial charge is 0.228 e. The van der Waals surface area contributed by atoms with Gasteiger partial charge in [0.2, 0.25) is 5.91 Å². The molecule has 1 amide bonds. The Hall–Kier alpha value is -2.88. The minimum Gasteiger partial charge on any atom is -0.347 e. The van der Waals surface area contributed by atoms with Gasteiger partial charge in [-0.3, -0.25) is 9.59 Å². The molecule has 0 N–H and O–H groups in total. The third kappa shape index (κ3) is 2.84. The zero-order chi connectivity index (χ0) is 17.4. The molecule has 0 unspecified atom stereocenters. The lowest BCUT2D eigenvalue weighted by molar-refractivity contribution is -0.118. The number of para-hydroxylation sites is 1. The van der Waals surface area contributed by atoms with Gasteiger partial charge >= 0.3 is 0 Å². The number of Topliss-reactive ketones (excluding diaryl/α,β-unsaturated/α-hetero) is 1. The van der Waals surface area contributed by atoms with Crippen LogP contribution in [0.3, 0.4) is 0 Å². The second-order valence-corrected chi connectivity index (χ2v) is 6.51. The van der Waals surface area contributed by atoms with E-state index in [9.17, 15) is 9.59 Å². The van der Waals surface area contributed by atoms with E-state index in [4.69, 9.17) is 0 Å². The summed E-state index contributed by atoms with van der Waals surface area (Å²) in [6, 6.07) is 15.9. The number of aryl methyl sites for hydroxylation is 1. The molecule has 2 heterocycles. The van der Waals surface area contributed by atoms with Crippen LogP contribution in [-0.4, -0.2) is 22.8 Å². The predicted molar refractivity (Wildman–Crippen MR) is 99.1 cm³/mol. The van der Waals surface area contributed by atoms with Crippen LogP contribution in [0.4, 0.5) is 5.69 Å². The fourth-order valence-corrected chi connectivity index (χ4v) is 3.57. The van der Waals surface area contributed by atoms with E-state index in [-0.39, 0.29) is 11.7 Å². The molecule has 3 aromatic rings. The lowest BCUT2D eigenvalue weighted by Crippen LogP contribution is -2.29. The number of rotatable bonds is 4.